The number of furan rings is 1. The topological polar surface area (TPSA) is 50.4 Å². The zero-order valence-corrected chi connectivity index (χ0v) is 9.15. The van der Waals surface area contributed by atoms with Crippen molar-refractivity contribution in [3.05, 3.63) is 35.6 Å². The van der Waals surface area contributed by atoms with Gasteiger partial charge in [0.05, 0.1) is 5.39 Å². The molecule has 0 saturated carbocycles. The Morgan fingerprint density at radius 2 is 2.19 bits per heavy atom. The summed E-state index contributed by atoms with van der Waals surface area (Å²) < 4.78 is 5.27. The first-order valence-corrected chi connectivity index (χ1v) is 5.02. The molecule has 0 unspecified atom stereocenters. The first kappa shape index (κ1) is 10.5. The third-order valence-corrected chi connectivity index (χ3v) is 2.36. The van der Waals surface area contributed by atoms with Crippen LogP contribution < -0.4 is 0 Å². The van der Waals surface area contributed by atoms with E-state index in [0.29, 0.717) is 11.0 Å². The quantitative estimate of drug-likeness (QED) is 0.783. The normalized spacial score (nSPS) is 11.4. The lowest BCUT2D eigenvalue weighted by atomic mass is 10.1. The van der Waals surface area contributed by atoms with Crippen molar-refractivity contribution in [3.63, 3.8) is 0 Å². The first-order chi connectivity index (χ1) is 7.63. The number of allylic oxidation sites excluding steroid dienone is 1. The van der Waals surface area contributed by atoms with Gasteiger partial charge < -0.3 is 9.52 Å². The van der Waals surface area contributed by atoms with Gasteiger partial charge in [-0.25, -0.2) is 0 Å². The molecule has 0 spiro atoms. The third-order valence-electron chi connectivity index (χ3n) is 2.36. The van der Waals surface area contributed by atoms with E-state index in [0.717, 1.165) is 5.56 Å². The summed E-state index contributed by atoms with van der Waals surface area (Å²) in [5, 5.41) is 10.4. The Morgan fingerprint density at radius 3 is 2.81 bits per heavy atom. The van der Waals surface area contributed by atoms with Crippen LogP contribution in [-0.2, 0) is 0 Å². The van der Waals surface area contributed by atoms with Crippen molar-refractivity contribution >= 4 is 22.8 Å². The van der Waals surface area contributed by atoms with Crippen LogP contribution in [0.3, 0.4) is 0 Å². The summed E-state index contributed by atoms with van der Waals surface area (Å²) in [5.41, 5.74) is 1.48. The Labute approximate surface area is 93.0 Å². The van der Waals surface area contributed by atoms with Crippen LogP contribution in [0.25, 0.3) is 17.0 Å². The molecule has 0 atom stereocenters. The molecular weight excluding hydrogens is 204 g/mol. The van der Waals surface area contributed by atoms with Crippen molar-refractivity contribution in [2.75, 3.05) is 0 Å². The number of hydrogen-bond acceptors (Lipinski definition) is 3. The number of benzene rings is 1. The molecule has 1 aromatic carbocycles. The molecule has 3 heteroatoms. The SMILES string of the molecule is CC=Cc1ccc2oc(C(C)=O)c(O)c2c1. The molecule has 2 rings (SSSR count). The van der Waals surface area contributed by atoms with Crippen molar-refractivity contribution < 1.29 is 14.3 Å². The summed E-state index contributed by atoms with van der Waals surface area (Å²) in [5.74, 6) is -0.331. The fraction of sp³-hybridized carbons (Fsp3) is 0.154. The van der Waals surface area contributed by atoms with E-state index in [1.807, 2.05) is 25.1 Å². The molecule has 0 fully saturated rings. The Kier molecular flexibility index (Phi) is 2.52. The van der Waals surface area contributed by atoms with Crippen LogP contribution in [0, 0.1) is 0 Å². The fourth-order valence-corrected chi connectivity index (χ4v) is 1.64. The highest BCUT2D eigenvalue weighted by atomic mass is 16.4. The number of hydrogen-bond donors (Lipinski definition) is 1. The molecule has 82 valence electrons. The van der Waals surface area contributed by atoms with E-state index in [1.165, 1.54) is 6.92 Å². The molecule has 2 aromatic rings. The zero-order valence-electron chi connectivity index (χ0n) is 9.15. The molecule has 3 nitrogen and oxygen atoms in total. The minimum atomic E-state index is -0.277. The summed E-state index contributed by atoms with van der Waals surface area (Å²) in [4.78, 5) is 11.2. The molecule has 0 aliphatic rings. The highest BCUT2D eigenvalue weighted by molar-refractivity contribution is 6.01. The van der Waals surface area contributed by atoms with E-state index < -0.39 is 0 Å². The van der Waals surface area contributed by atoms with Crippen LogP contribution in [-0.4, -0.2) is 10.9 Å². The number of carbonyl (C=O) groups is 1. The molecule has 1 heterocycles. The predicted molar refractivity (Wildman–Crippen MR) is 62.6 cm³/mol. The second-order valence-corrected chi connectivity index (χ2v) is 3.59. The summed E-state index contributed by atoms with van der Waals surface area (Å²) in [6.45, 7) is 3.28. The standard InChI is InChI=1S/C13H12O3/c1-3-4-9-5-6-11-10(7-9)12(15)13(16-11)8(2)14/h3-7,15H,1-2H3. The number of carbonyl (C=O) groups excluding carboxylic acids is 1. The van der Waals surface area contributed by atoms with E-state index in [4.69, 9.17) is 4.42 Å². The van der Waals surface area contributed by atoms with E-state index in [1.54, 1.807) is 12.1 Å². The number of Topliss-reactive ketones (excluding diaryl/α,β-unsaturated/α-hetero) is 1. The molecule has 1 N–H and O–H groups in total. The highest BCUT2D eigenvalue weighted by Crippen LogP contribution is 2.33. The maximum absolute atomic E-state index is 11.2. The molecule has 16 heavy (non-hydrogen) atoms. The number of fused-ring (bicyclic) bond motifs is 1. The van der Waals surface area contributed by atoms with Crippen LogP contribution in [0.15, 0.2) is 28.7 Å². The van der Waals surface area contributed by atoms with E-state index in [9.17, 15) is 9.90 Å². The predicted octanol–water partition coefficient (Wildman–Crippen LogP) is 3.37. The monoisotopic (exact) mass is 216 g/mol. The van der Waals surface area contributed by atoms with Crippen molar-refractivity contribution in [1.29, 1.82) is 0 Å². The molecule has 0 aliphatic carbocycles. The smallest absolute Gasteiger partial charge is 0.212 e. The molecule has 0 saturated heterocycles. The summed E-state index contributed by atoms with van der Waals surface area (Å²) in [6.07, 6.45) is 3.82. The maximum Gasteiger partial charge on any atom is 0.212 e. The molecular formula is C13H12O3. The Hall–Kier alpha value is -2.03. The van der Waals surface area contributed by atoms with Gasteiger partial charge in [0, 0.05) is 6.92 Å². The van der Waals surface area contributed by atoms with E-state index in [-0.39, 0.29) is 17.3 Å². The van der Waals surface area contributed by atoms with Crippen LogP contribution in [0.1, 0.15) is 30.0 Å². The number of ketones is 1. The number of rotatable bonds is 2. The molecule has 0 bridgehead atoms. The van der Waals surface area contributed by atoms with Gasteiger partial charge in [-0.3, -0.25) is 4.79 Å². The van der Waals surface area contributed by atoms with E-state index in [2.05, 4.69) is 0 Å². The minimum Gasteiger partial charge on any atom is -0.504 e. The largest absolute Gasteiger partial charge is 0.504 e. The Bertz CT molecular complexity index is 576. The van der Waals surface area contributed by atoms with Crippen LogP contribution in [0.2, 0.25) is 0 Å². The van der Waals surface area contributed by atoms with Gasteiger partial charge in [-0.05, 0) is 24.6 Å². The van der Waals surface area contributed by atoms with Gasteiger partial charge in [0.15, 0.2) is 11.5 Å². The Balaban J connectivity index is 2.68. The second-order valence-electron chi connectivity index (χ2n) is 3.59. The average molecular weight is 216 g/mol. The van der Waals surface area contributed by atoms with Crippen LogP contribution in [0.4, 0.5) is 0 Å². The molecule has 0 amide bonds. The maximum atomic E-state index is 11.2. The van der Waals surface area contributed by atoms with Crippen molar-refractivity contribution in [2.24, 2.45) is 0 Å². The van der Waals surface area contributed by atoms with Crippen molar-refractivity contribution in [2.45, 2.75) is 13.8 Å². The van der Waals surface area contributed by atoms with Gasteiger partial charge in [0.2, 0.25) is 5.76 Å². The molecule has 0 aliphatic heterocycles. The summed E-state index contributed by atoms with van der Waals surface area (Å²) in [6, 6.07) is 5.41. The average Bonchev–Trinajstić information content (AvgIpc) is 2.57. The van der Waals surface area contributed by atoms with Gasteiger partial charge in [0.25, 0.3) is 0 Å². The van der Waals surface area contributed by atoms with Gasteiger partial charge in [0.1, 0.15) is 5.58 Å². The lowest BCUT2D eigenvalue weighted by Gasteiger charge is -1.93. The molecule has 1 aromatic heterocycles. The van der Waals surface area contributed by atoms with Gasteiger partial charge in [-0.1, -0.05) is 18.2 Å². The lowest BCUT2D eigenvalue weighted by molar-refractivity contribution is 0.0985. The third kappa shape index (κ3) is 1.60. The van der Waals surface area contributed by atoms with Crippen molar-refractivity contribution in [1.82, 2.24) is 0 Å². The van der Waals surface area contributed by atoms with Crippen LogP contribution in [0.5, 0.6) is 5.75 Å². The van der Waals surface area contributed by atoms with E-state index >= 15 is 0 Å². The summed E-state index contributed by atoms with van der Waals surface area (Å²) in [7, 11) is 0. The molecule has 0 radical (unpaired) electrons. The van der Waals surface area contributed by atoms with Crippen LogP contribution >= 0.6 is 0 Å². The van der Waals surface area contributed by atoms with Crippen molar-refractivity contribution in [3.8, 4) is 5.75 Å². The fourth-order valence-electron chi connectivity index (χ4n) is 1.64. The zero-order chi connectivity index (χ0) is 11.7. The first-order valence-electron chi connectivity index (χ1n) is 5.02. The Morgan fingerprint density at radius 1 is 1.44 bits per heavy atom. The highest BCUT2D eigenvalue weighted by Gasteiger charge is 2.16. The lowest BCUT2D eigenvalue weighted by Crippen LogP contribution is -1.87. The second kappa shape index (κ2) is 3.85. The van der Waals surface area contributed by atoms with Gasteiger partial charge in [-0.2, -0.15) is 0 Å². The summed E-state index contributed by atoms with van der Waals surface area (Å²) >= 11 is 0. The number of aromatic hydroxyl groups is 1. The van der Waals surface area contributed by atoms with Gasteiger partial charge in [-0.15, -0.1) is 0 Å². The minimum absolute atomic E-state index is 0.0210. The van der Waals surface area contributed by atoms with Gasteiger partial charge >= 0.3 is 0 Å².